The average molecular weight is 318 g/mol. The molecule has 1 unspecified atom stereocenters. The molecule has 1 fully saturated rings. The second-order valence-electron chi connectivity index (χ2n) is 5.96. The molecule has 2 aliphatic heterocycles. The van der Waals surface area contributed by atoms with Gasteiger partial charge in [0.05, 0.1) is 12.3 Å². The highest BCUT2D eigenvalue weighted by atomic mass is 16.5. The number of ether oxygens (including phenoxy) is 1. The van der Waals surface area contributed by atoms with Gasteiger partial charge in [0.1, 0.15) is 5.54 Å². The highest BCUT2D eigenvalue weighted by Crippen LogP contribution is 2.31. The second kappa shape index (κ2) is 5.24. The monoisotopic (exact) mass is 318 g/mol. The van der Waals surface area contributed by atoms with Crippen molar-refractivity contribution in [3.05, 3.63) is 23.8 Å². The summed E-state index contributed by atoms with van der Waals surface area (Å²) in [5.41, 5.74) is 0.914. The lowest BCUT2D eigenvalue weighted by Crippen LogP contribution is -2.47. The first-order valence-electron chi connectivity index (χ1n) is 7.16. The molecule has 0 aromatic heterocycles. The van der Waals surface area contributed by atoms with Gasteiger partial charge in [0.25, 0.3) is 5.91 Å². The van der Waals surface area contributed by atoms with Gasteiger partial charge in [-0.25, -0.2) is 14.5 Å². The molecular formula is C15H18N4O4. The van der Waals surface area contributed by atoms with Crippen molar-refractivity contribution in [1.29, 1.82) is 0 Å². The van der Waals surface area contributed by atoms with Crippen molar-refractivity contribution >= 4 is 29.3 Å². The molecule has 0 bridgehead atoms. The van der Waals surface area contributed by atoms with Crippen molar-refractivity contribution in [2.75, 3.05) is 31.0 Å². The number of imide groups is 1. The molecule has 0 radical (unpaired) electrons. The van der Waals surface area contributed by atoms with Crippen LogP contribution in [0, 0.1) is 0 Å². The maximum atomic E-state index is 12.6. The van der Waals surface area contributed by atoms with Crippen LogP contribution in [0.4, 0.5) is 21.0 Å². The number of nitrogens with one attached hydrogen (secondary N) is 2. The Labute approximate surface area is 133 Å². The van der Waals surface area contributed by atoms with E-state index < -0.39 is 11.6 Å². The summed E-state index contributed by atoms with van der Waals surface area (Å²) >= 11 is 0. The van der Waals surface area contributed by atoms with Gasteiger partial charge in [-0.1, -0.05) is 0 Å². The first-order valence-corrected chi connectivity index (χ1v) is 7.16. The van der Waals surface area contributed by atoms with Gasteiger partial charge in [-0.2, -0.15) is 0 Å². The van der Waals surface area contributed by atoms with Gasteiger partial charge in [0.2, 0.25) is 0 Å². The molecule has 5 amide bonds. The molecule has 0 spiro atoms. The maximum Gasteiger partial charge on any atom is 0.329 e. The molecule has 122 valence electrons. The lowest BCUT2D eigenvalue weighted by molar-refractivity contribution is -0.123. The standard InChI is InChI=1S/C15H18N4O4/c1-15(8-23-3)12(20)19(14(22)17-15)10-4-5-11-9(6-10)7-18(2)13(21)16-11/h4-6H,7-8H2,1-3H3,(H,16,21)(H,17,22). The summed E-state index contributed by atoms with van der Waals surface area (Å²) in [7, 11) is 3.15. The molecule has 8 nitrogen and oxygen atoms in total. The predicted molar refractivity (Wildman–Crippen MR) is 83.2 cm³/mol. The minimum Gasteiger partial charge on any atom is -0.382 e. The summed E-state index contributed by atoms with van der Waals surface area (Å²) in [6, 6.07) is 4.40. The van der Waals surface area contributed by atoms with E-state index in [1.54, 1.807) is 32.2 Å². The van der Waals surface area contributed by atoms with Crippen molar-refractivity contribution < 1.29 is 19.1 Å². The molecule has 0 aliphatic carbocycles. The molecular weight excluding hydrogens is 300 g/mol. The normalized spacial score (nSPS) is 23.7. The van der Waals surface area contributed by atoms with Gasteiger partial charge >= 0.3 is 12.1 Å². The Bertz CT molecular complexity index is 705. The highest BCUT2D eigenvalue weighted by molar-refractivity contribution is 6.23. The van der Waals surface area contributed by atoms with Crippen LogP contribution in [0.25, 0.3) is 0 Å². The number of hydrogen-bond donors (Lipinski definition) is 2. The minimum atomic E-state index is -1.08. The number of rotatable bonds is 3. The minimum absolute atomic E-state index is 0.0950. The van der Waals surface area contributed by atoms with Crippen LogP contribution in [0.15, 0.2) is 18.2 Å². The molecule has 2 heterocycles. The zero-order valence-corrected chi connectivity index (χ0v) is 13.2. The molecule has 0 saturated carbocycles. The fourth-order valence-electron chi connectivity index (χ4n) is 2.82. The van der Waals surface area contributed by atoms with E-state index in [9.17, 15) is 14.4 Å². The van der Waals surface area contributed by atoms with Gasteiger partial charge in [-0.15, -0.1) is 0 Å². The summed E-state index contributed by atoms with van der Waals surface area (Å²) in [4.78, 5) is 39.1. The van der Waals surface area contributed by atoms with Crippen molar-refractivity contribution in [3.63, 3.8) is 0 Å². The topological polar surface area (TPSA) is 91.0 Å². The fraction of sp³-hybridized carbons (Fsp3) is 0.400. The van der Waals surface area contributed by atoms with Crippen molar-refractivity contribution in [3.8, 4) is 0 Å². The summed E-state index contributed by atoms with van der Waals surface area (Å²) in [5, 5.41) is 5.41. The molecule has 8 heteroatoms. The number of methoxy groups -OCH3 is 1. The smallest absolute Gasteiger partial charge is 0.329 e. The SMILES string of the molecule is COCC1(C)NC(=O)N(c2ccc3c(c2)CN(C)C(=O)N3)C1=O. The van der Waals surface area contributed by atoms with Crippen molar-refractivity contribution in [1.82, 2.24) is 10.2 Å². The molecule has 2 N–H and O–H groups in total. The largest absolute Gasteiger partial charge is 0.382 e. The van der Waals surface area contributed by atoms with Crippen LogP contribution in [-0.4, -0.2) is 49.2 Å². The Morgan fingerprint density at radius 3 is 2.70 bits per heavy atom. The average Bonchev–Trinajstić information content (AvgIpc) is 2.70. The molecule has 23 heavy (non-hydrogen) atoms. The van der Waals surface area contributed by atoms with Crippen LogP contribution in [0.5, 0.6) is 0 Å². The third-order valence-electron chi connectivity index (χ3n) is 4.04. The number of benzene rings is 1. The van der Waals surface area contributed by atoms with Crippen molar-refractivity contribution in [2.24, 2.45) is 0 Å². The number of carbonyl (C=O) groups is 3. The van der Waals surface area contributed by atoms with Crippen LogP contribution in [0.1, 0.15) is 12.5 Å². The Morgan fingerprint density at radius 2 is 2.00 bits per heavy atom. The quantitative estimate of drug-likeness (QED) is 0.817. The van der Waals surface area contributed by atoms with Crippen LogP contribution in [0.2, 0.25) is 0 Å². The first kappa shape index (κ1) is 15.3. The van der Waals surface area contributed by atoms with E-state index in [4.69, 9.17) is 4.74 Å². The number of amides is 5. The van der Waals surface area contributed by atoms with E-state index in [0.29, 0.717) is 17.9 Å². The van der Waals surface area contributed by atoms with Crippen molar-refractivity contribution in [2.45, 2.75) is 19.0 Å². The molecule has 1 aromatic rings. The summed E-state index contributed by atoms with van der Waals surface area (Å²) < 4.78 is 5.03. The van der Waals surface area contributed by atoms with Gasteiger partial charge in [-0.05, 0) is 30.7 Å². The summed E-state index contributed by atoms with van der Waals surface area (Å²) in [6.45, 7) is 2.13. The Morgan fingerprint density at radius 1 is 1.26 bits per heavy atom. The highest BCUT2D eigenvalue weighted by Gasteiger charge is 2.48. The number of anilines is 2. The number of hydrogen-bond acceptors (Lipinski definition) is 4. The lowest BCUT2D eigenvalue weighted by atomic mass is 10.0. The van der Waals surface area contributed by atoms with Crippen LogP contribution >= 0.6 is 0 Å². The van der Waals surface area contributed by atoms with E-state index in [0.717, 1.165) is 10.5 Å². The van der Waals surface area contributed by atoms with Gasteiger partial charge in [-0.3, -0.25) is 4.79 Å². The first-order chi connectivity index (χ1) is 10.9. The maximum absolute atomic E-state index is 12.6. The van der Waals surface area contributed by atoms with Gasteiger partial charge < -0.3 is 20.3 Å². The number of fused-ring (bicyclic) bond motifs is 1. The van der Waals surface area contributed by atoms with Crippen LogP contribution < -0.4 is 15.5 Å². The Balaban J connectivity index is 1.94. The van der Waals surface area contributed by atoms with E-state index in [1.165, 1.54) is 12.0 Å². The summed E-state index contributed by atoms with van der Waals surface area (Å²) in [5.74, 6) is -0.363. The van der Waals surface area contributed by atoms with Crippen LogP contribution in [-0.2, 0) is 16.1 Å². The van der Waals surface area contributed by atoms with Crippen LogP contribution in [0.3, 0.4) is 0 Å². The third-order valence-corrected chi connectivity index (χ3v) is 4.04. The second-order valence-corrected chi connectivity index (χ2v) is 5.96. The molecule has 1 saturated heterocycles. The Kier molecular flexibility index (Phi) is 3.48. The zero-order valence-electron chi connectivity index (χ0n) is 13.2. The van der Waals surface area contributed by atoms with E-state index in [-0.39, 0.29) is 18.5 Å². The predicted octanol–water partition coefficient (Wildman–Crippen LogP) is 1.13. The molecule has 3 rings (SSSR count). The summed E-state index contributed by atoms with van der Waals surface area (Å²) in [6.07, 6.45) is 0. The number of urea groups is 2. The zero-order chi connectivity index (χ0) is 16.8. The van der Waals surface area contributed by atoms with Gasteiger partial charge in [0, 0.05) is 26.4 Å². The molecule has 1 aromatic carbocycles. The molecule has 1 atom stereocenters. The van der Waals surface area contributed by atoms with E-state index in [2.05, 4.69) is 10.6 Å². The van der Waals surface area contributed by atoms with E-state index in [1.807, 2.05) is 0 Å². The lowest BCUT2D eigenvalue weighted by Gasteiger charge is -2.27. The van der Waals surface area contributed by atoms with Gasteiger partial charge in [0.15, 0.2) is 0 Å². The Hall–Kier alpha value is -2.61. The number of carbonyl (C=O) groups excluding carboxylic acids is 3. The third kappa shape index (κ3) is 2.40. The van der Waals surface area contributed by atoms with E-state index >= 15 is 0 Å². The molecule has 2 aliphatic rings. The fourth-order valence-corrected chi connectivity index (χ4v) is 2.82. The number of nitrogens with zero attached hydrogens (tertiary/aromatic N) is 2.